The van der Waals surface area contributed by atoms with Crippen LogP contribution in [0.25, 0.3) is 10.2 Å². The fourth-order valence-electron chi connectivity index (χ4n) is 2.67. The predicted molar refractivity (Wildman–Crippen MR) is 94.4 cm³/mol. The smallest absolute Gasteiger partial charge is 0.184 e. The number of nitrogens with zero attached hydrogens (tertiary/aromatic N) is 4. The Balaban J connectivity index is 1.51. The molecule has 0 bridgehead atoms. The van der Waals surface area contributed by atoms with Crippen molar-refractivity contribution in [1.82, 2.24) is 15.0 Å². The molecule has 9 heteroatoms. The molecule has 4 rings (SSSR count). The number of anilines is 2. The molecule has 24 heavy (non-hydrogen) atoms. The van der Waals surface area contributed by atoms with E-state index in [1.807, 2.05) is 6.07 Å². The molecule has 3 heterocycles. The molecule has 0 atom stereocenters. The van der Waals surface area contributed by atoms with Gasteiger partial charge in [-0.05, 0) is 12.1 Å². The van der Waals surface area contributed by atoms with Crippen molar-refractivity contribution in [2.24, 2.45) is 0 Å². The van der Waals surface area contributed by atoms with Crippen LogP contribution >= 0.6 is 11.3 Å². The monoisotopic (exact) mass is 361 g/mol. The number of hydrogen-bond acceptors (Lipinski definition) is 8. The van der Waals surface area contributed by atoms with E-state index in [0.29, 0.717) is 5.52 Å². The maximum Gasteiger partial charge on any atom is 0.184 e. The fourth-order valence-corrected chi connectivity index (χ4v) is 4.54. The van der Waals surface area contributed by atoms with E-state index in [0.717, 1.165) is 28.7 Å². The van der Waals surface area contributed by atoms with Crippen molar-refractivity contribution in [3.8, 4) is 0 Å². The molecule has 7 nitrogen and oxygen atoms in total. The van der Waals surface area contributed by atoms with Crippen molar-refractivity contribution in [1.29, 1.82) is 0 Å². The van der Waals surface area contributed by atoms with E-state index in [9.17, 15) is 8.42 Å². The lowest BCUT2D eigenvalue weighted by molar-refractivity contribution is 0.544. The lowest BCUT2D eigenvalue weighted by Crippen LogP contribution is -2.55. The Morgan fingerprint density at radius 1 is 1.29 bits per heavy atom. The van der Waals surface area contributed by atoms with Crippen molar-refractivity contribution < 1.29 is 8.42 Å². The van der Waals surface area contributed by atoms with Crippen molar-refractivity contribution in [3.05, 3.63) is 36.8 Å². The van der Waals surface area contributed by atoms with E-state index in [2.05, 4.69) is 25.2 Å². The van der Waals surface area contributed by atoms with Gasteiger partial charge in [0.15, 0.2) is 15.0 Å². The number of para-hydroxylation sites is 1. The van der Waals surface area contributed by atoms with Crippen LogP contribution in [0.3, 0.4) is 0 Å². The summed E-state index contributed by atoms with van der Waals surface area (Å²) in [5.41, 5.74) is 0.539. The van der Waals surface area contributed by atoms with Crippen molar-refractivity contribution in [2.45, 2.75) is 10.9 Å². The summed E-state index contributed by atoms with van der Waals surface area (Å²) in [7, 11) is -3.29. The Bertz CT molecular complexity index is 982. The third-order valence-corrected chi connectivity index (χ3v) is 5.94. The fraction of sp³-hybridized carbons (Fsp3) is 0.267. The van der Waals surface area contributed by atoms with Gasteiger partial charge in [-0.2, -0.15) is 0 Å². The van der Waals surface area contributed by atoms with E-state index in [1.54, 1.807) is 30.7 Å². The average Bonchev–Trinajstić information content (AvgIpc) is 2.92. The minimum Gasteiger partial charge on any atom is -0.355 e. The van der Waals surface area contributed by atoms with Gasteiger partial charge in [0.05, 0.1) is 21.8 Å². The van der Waals surface area contributed by atoms with Gasteiger partial charge in [-0.1, -0.05) is 17.4 Å². The molecule has 1 N–H and O–H groups in total. The van der Waals surface area contributed by atoms with E-state index in [4.69, 9.17) is 0 Å². The van der Waals surface area contributed by atoms with Gasteiger partial charge in [-0.15, -0.1) is 0 Å². The summed E-state index contributed by atoms with van der Waals surface area (Å²) < 4.78 is 24.6. The minimum atomic E-state index is -3.29. The maximum absolute atomic E-state index is 11.9. The van der Waals surface area contributed by atoms with E-state index < -0.39 is 9.84 Å². The Morgan fingerprint density at radius 3 is 2.83 bits per heavy atom. The Hall–Kier alpha value is -2.26. The van der Waals surface area contributed by atoms with Crippen molar-refractivity contribution >= 4 is 42.3 Å². The SMILES string of the molecule is CS(=O)(=O)c1cccc2sc(NC3CN(c4cnccn4)C3)nc12. The number of hydrogen-bond donors (Lipinski definition) is 1. The van der Waals surface area contributed by atoms with Crippen LogP contribution in [0.4, 0.5) is 10.9 Å². The number of rotatable bonds is 4. The molecule has 3 aromatic rings. The first kappa shape index (κ1) is 15.3. The van der Waals surface area contributed by atoms with Gasteiger partial charge < -0.3 is 10.2 Å². The number of nitrogens with one attached hydrogen (secondary N) is 1. The molecule has 1 aliphatic rings. The van der Waals surface area contributed by atoms with Crippen LogP contribution in [0.15, 0.2) is 41.7 Å². The first-order valence-corrected chi connectivity index (χ1v) is 10.1. The topological polar surface area (TPSA) is 88.1 Å². The Labute approximate surface area is 143 Å². The van der Waals surface area contributed by atoms with E-state index in [1.165, 1.54) is 17.6 Å². The first-order chi connectivity index (χ1) is 11.5. The molecular formula is C15H15N5O2S2. The molecule has 0 aliphatic carbocycles. The molecule has 0 amide bonds. The number of aromatic nitrogens is 3. The highest BCUT2D eigenvalue weighted by atomic mass is 32.2. The zero-order chi connectivity index (χ0) is 16.7. The molecule has 0 radical (unpaired) electrons. The van der Waals surface area contributed by atoms with Crippen LogP contribution in [0.2, 0.25) is 0 Å². The molecule has 1 saturated heterocycles. The summed E-state index contributed by atoms with van der Waals surface area (Å²) in [5.74, 6) is 0.860. The van der Waals surface area contributed by atoms with Crippen LogP contribution in [0, 0.1) is 0 Å². The largest absolute Gasteiger partial charge is 0.355 e. The second-order valence-electron chi connectivity index (χ2n) is 5.70. The lowest BCUT2D eigenvalue weighted by Gasteiger charge is -2.40. The number of thiazole rings is 1. The summed E-state index contributed by atoms with van der Waals surface area (Å²) in [6.45, 7) is 1.63. The minimum absolute atomic E-state index is 0.259. The van der Waals surface area contributed by atoms with Gasteiger partial charge in [-0.25, -0.2) is 18.4 Å². The number of benzene rings is 1. The van der Waals surface area contributed by atoms with Gasteiger partial charge in [-0.3, -0.25) is 4.98 Å². The van der Waals surface area contributed by atoms with Gasteiger partial charge in [0.2, 0.25) is 0 Å². The molecule has 1 fully saturated rings. The number of fused-ring (bicyclic) bond motifs is 1. The van der Waals surface area contributed by atoms with Crippen LogP contribution in [0.1, 0.15) is 0 Å². The third-order valence-electron chi connectivity index (χ3n) is 3.86. The molecule has 0 spiro atoms. The normalized spacial score (nSPS) is 15.5. The summed E-state index contributed by atoms with van der Waals surface area (Å²) in [4.78, 5) is 15.2. The van der Waals surface area contributed by atoms with Crippen LogP contribution in [0.5, 0.6) is 0 Å². The molecule has 2 aromatic heterocycles. The Morgan fingerprint density at radius 2 is 2.12 bits per heavy atom. The van der Waals surface area contributed by atoms with Crippen LogP contribution < -0.4 is 10.2 Å². The second kappa shape index (κ2) is 5.67. The molecule has 1 aromatic carbocycles. The lowest BCUT2D eigenvalue weighted by atomic mass is 10.1. The average molecular weight is 361 g/mol. The molecular weight excluding hydrogens is 346 g/mol. The molecule has 1 aliphatic heterocycles. The highest BCUT2D eigenvalue weighted by Gasteiger charge is 2.28. The molecule has 0 saturated carbocycles. The second-order valence-corrected chi connectivity index (χ2v) is 8.72. The van der Waals surface area contributed by atoms with E-state index >= 15 is 0 Å². The molecule has 0 unspecified atom stereocenters. The van der Waals surface area contributed by atoms with Crippen LogP contribution in [-0.4, -0.2) is 48.8 Å². The Kier molecular flexibility index (Phi) is 3.61. The predicted octanol–water partition coefficient (Wildman–Crippen LogP) is 1.79. The van der Waals surface area contributed by atoms with E-state index in [-0.39, 0.29) is 10.9 Å². The van der Waals surface area contributed by atoms with Gasteiger partial charge in [0, 0.05) is 31.7 Å². The zero-order valence-electron chi connectivity index (χ0n) is 12.9. The summed E-state index contributed by atoms with van der Waals surface area (Å²) in [6.07, 6.45) is 6.28. The highest BCUT2D eigenvalue weighted by Crippen LogP contribution is 2.31. The quantitative estimate of drug-likeness (QED) is 0.758. The van der Waals surface area contributed by atoms with Crippen molar-refractivity contribution in [3.63, 3.8) is 0 Å². The maximum atomic E-state index is 11.9. The molecule has 124 valence electrons. The van der Waals surface area contributed by atoms with Gasteiger partial charge >= 0.3 is 0 Å². The standard InChI is InChI=1S/C15H15N5O2S2/c1-24(21,22)12-4-2-3-11-14(12)19-15(23-11)18-10-8-20(9-10)13-7-16-5-6-17-13/h2-7,10H,8-9H2,1H3,(H,18,19). The summed E-state index contributed by atoms with van der Waals surface area (Å²) >= 11 is 1.47. The van der Waals surface area contributed by atoms with Gasteiger partial charge in [0.25, 0.3) is 0 Å². The summed E-state index contributed by atoms with van der Waals surface area (Å²) in [5, 5.41) is 4.11. The summed E-state index contributed by atoms with van der Waals surface area (Å²) in [6, 6.07) is 5.49. The number of sulfone groups is 1. The van der Waals surface area contributed by atoms with Gasteiger partial charge in [0.1, 0.15) is 11.3 Å². The zero-order valence-corrected chi connectivity index (χ0v) is 14.5. The van der Waals surface area contributed by atoms with Crippen LogP contribution in [-0.2, 0) is 9.84 Å². The van der Waals surface area contributed by atoms with Crippen molar-refractivity contribution in [2.75, 3.05) is 29.6 Å². The first-order valence-electron chi connectivity index (χ1n) is 7.38. The highest BCUT2D eigenvalue weighted by molar-refractivity contribution is 7.91. The third kappa shape index (κ3) is 2.80.